The highest BCUT2D eigenvalue weighted by Gasteiger charge is 2.39. The molecule has 0 bridgehead atoms. The molecule has 1 fully saturated rings. The number of hydrogen-bond donors (Lipinski definition) is 1. The summed E-state index contributed by atoms with van der Waals surface area (Å²) < 4.78 is 48.2. The Morgan fingerprint density at radius 3 is 2.54 bits per heavy atom. The first-order valence-corrected chi connectivity index (χ1v) is 8.56. The van der Waals surface area contributed by atoms with E-state index in [1.54, 1.807) is 20.8 Å². The molecule has 0 saturated carbocycles. The first kappa shape index (κ1) is 20.4. The fourth-order valence-electron chi connectivity index (χ4n) is 2.94. The molecule has 1 aromatic carbocycles. The normalized spacial score (nSPS) is 20.4. The molecule has 1 amide bonds. The zero-order valence-electron chi connectivity index (χ0n) is 15.6. The van der Waals surface area contributed by atoms with Crippen LogP contribution in [0.3, 0.4) is 0 Å². The molecule has 26 heavy (non-hydrogen) atoms. The second kappa shape index (κ2) is 7.73. The van der Waals surface area contributed by atoms with Gasteiger partial charge in [0.05, 0.1) is 18.3 Å². The molecule has 0 radical (unpaired) electrons. The van der Waals surface area contributed by atoms with Crippen molar-refractivity contribution >= 4 is 11.8 Å². The van der Waals surface area contributed by atoms with Gasteiger partial charge in [0.1, 0.15) is 23.4 Å². The molecule has 2 rings (SSSR count). The van der Waals surface area contributed by atoms with Crippen molar-refractivity contribution in [3.8, 4) is 0 Å². The lowest BCUT2D eigenvalue weighted by Crippen LogP contribution is -2.45. The maximum Gasteiger partial charge on any atom is 0.410 e. The summed E-state index contributed by atoms with van der Waals surface area (Å²) in [5, 5.41) is 0. The average Bonchev–Trinajstić information content (AvgIpc) is 2.90. The Bertz CT molecular complexity index is 664. The summed E-state index contributed by atoms with van der Waals surface area (Å²) in [6, 6.07) is 1.34. The Balaban J connectivity index is 2.15. The summed E-state index contributed by atoms with van der Waals surface area (Å²) in [6.07, 6.45) is -1.84. The van der Waals surface area contributed by atoms with Crippen molar-refractivity contribution in [2.45, 2.75) is 45.0 Å². The van der Waals surface area contributed by atoms with E-state index >= 15 is 0 Å². The third kappa shape index (κ3) is 4.60. The number of amides is 1. The third-order valence-electron chi connectivity index (χ3n) is 4.27. The van der Waals surface area contributed by atoms with Crippen molar-refractivity contribution in [2.24, 2.45) is 5.73 Å². The fourth-order valence-corrected chi connectivity index (χ4v) is 2.94. The Morgan fingerprint density at radius 1 is 1.31 bits per heavy atom. The van der Waals surface area contributed by atoms with Gasteiger partial charge in [-0.05, 0) is 45.4 Å². The topological polar surface area (TPSA) is 58.8 Å². The molecule has 1 saturated heterocycles. The van der Waals surface area contributed by atoms with Crippen LogP contribution >= 0.6 is 0 Å². The van der Waals surface area contributed by atoms with Crippen molar-refractivity contribution in [1.82, 2.24) is 4.90 Å². The molecule has 2 N–H and O–H groups in total. The maximum absolute atomic E-state index is 14.5. The predicted molar refractivity (Wildman–Crippen MR) is 94.0 cm³/mol. The van der Waals surface area contributed by atoms with Crippen molar-refractivity contribution in [3.05, 3.63) is 29.3 Å². The highest BCUT2D eigenvalue weighted by Crippen LogP contribution is 2.29. The van der Waals surface area contributed by atoms with Crippen LogP contribution < -0.4 is 10.6 Å². The molecule has 2 unspecified atom stereocenters. The molecule has 1 aromatic rings. The van der Waals surface area contributed by atoms with E-state index in [0.29, 0.717) is 0 Å². The molecule has 1 aliphatic rings. The van der Waals surface area contributed by atoms with E-state index in [2.05, 4.69) is 0 Å². The Hall–Kier alpha value is -1.96. The van der Waals surface area contributed by atoms with E-state index < -0.39 is 35.5 Å². The number of anilines is 1. The number of nitrogens with zero attached hydrogens (tertiary/aromatic N) is 2. The van der Waals surface area contributed by atoms with Crippen LogP contribution in [0.2, 0.25) is 0 Å². The van der Waals surface area contributed by atoms with Gasteiger partial charge in [0.15, 0.2) is 0 Å². The highest BCUT2D eigenvalue weighted by molar-refractivity contribution is 5.68. The second-order valence-corrected chi connectivity index (χ2v) is 7.51. The van der Waals surface area contributed by atoms with Gasteiger partial charge in [0.2, 0.25) is 0 Å². The third-order valence-corrected chi connectivity index (χ3v) is 4.27. The van der Waals surface area contributed by atoms with Gasteiger partial charge in [-0.2, -0.15) is 0 Å². The smallest absolute Gasteiger partial charge is 0.410 e. The van der Waals surface area contributed by atoms with Crippen LogP contribution in [0, 0.1) is 11.6 Å². The Labute approximate surface area is 151 Å². The zero-order valence-corrected chi connectivity index (χ0v) is 15.6. The number of carbonyl (C=O) groups excluding carboxylic acids is 1. The lowest BCUT2D eigenvalue weighted by molar-refractivity contribution is 0.0183. The molecule has 0 aliphatic carbocycles. The van der Waals surface area contributed by atoms with Gasteiger partial charge in [0.25, 0.3) is 0 Å². The van der Waals surface area contributed by atoms with Gasteiger partial charge in [-0.1, -0.05) is 0 Å². The maximum atomic E-state index is 14.5. The van der Waals surface area contributed by atoms with Crippen molar-refractivity contribution < 1.29 is 22.7 Å². The zero-order chi connectivity index (χ0) is 19.6. The number of rotatable bonds is 4. The minimum absolute atomic E-state index is 0.0222. The number of alkyl halides is 1. The molecular weight excluding hydrogens is 347 g/mol. The van der Waals surface area contributed by atoms with Crippen LogP contribution in [0.4, 0.5) is 23.7 Å². The predicted octanol–water partition coefficient (Wildman–Crippen LogP) is 2.86. The van der Waals surface area contributed by atoms with Crippen LogP contribution in [0.5, 0.6) is 0 Å². The first-order chi connectivity index (χ1) is 12.0. The summed E-state index contributed by atoms with van der Waals surface area (Å²) in [5.41, 5.74) is 4.84. The number of hydrogen-bond acceptors (Lipinski definition) is 4. The SMILES string of the molecule is CN(C(=O)OC(C)(C)C)C1CN(c2cc(F)c(CCN)cc2F)CC1F. The summed E-state index contributed by atoms with van der Waals surface area (Å²) in [7, 11) is 1.44. The van der Waals surface area contributed by atoms with Gasteiger partial charge in [-0.15, -0.1) is 0 Å². The molecule has 146 valence electrons. The van der Waals surface area contributed by atoms with Gasteiger partial charge in [-0.3, -0.25) is 0 Å². The number of benzene rings is 1. The number of halogens is 3. The van der Waals surface area contributed by atoms with Gasteiger partial charge in [-0.25, -0.2) is 18.0 Å². The van der Waals surface area contributed by atoms with E-state index in [1.165, 1.54) is 16.8 Å². The standard InChI is InChI=1S/C18H26F3N3O2/c1-18(2,3)26-17(25)23(4)16-10-24(9-14(16)21)15-8-12(19)11(5-6-22)7-13(15)20/h7-8,14,16H,5-6,9-10,22H2,1-4H3. The summed E-state index contributed by atoms with van der Waals surface area (Å²) >= 11 is 0. The lowest BCUT2D eigenvalue weighted by Gasteiger charge is -2.29. The minimum Gasteiger partial charge on any atom is -0.444 e. The highest BCUT2D eigenvalue weighted by atomic mass is 19.1. The fraction of sp³-hybridized carbons (Fsp3) is 0.611. The summed E-state index contributed by atoms with van der Waals surface area (Å²) in [5.74, 6) is -1.21. The molecule has 0 aromatic heterocycles. The van der Waals surface area contributed by atoms with E-state index in [0.717, 1.165) is 12.1 Å². The van der Waals surface area contributed by atoms with Crippen LogP contribution in [0.1, 0.15) is 26.3 Å². The van der Waals surface area contributed by atoms with E-state index in [9.17, 15) is 18.0 Å². The molecule has 1 heterocycles. The molecular formula is C18H26F3N3O2. The molecule has 5 nitrogen and oxygen atoms in total. The molecule has 0 spiro atoms. The van der Waals surface area contributed by atoms with Gasteiger partial charge >= 0.3 is 6.09 Å². The second-order valence-electron chi connectivity index (χ2n) is 7.51. The number of nitrogens with two attached hydrogens (primary N) is 1. The van der Waals surface area contributed by atoms with Crippen LogP contribution in [0.15, 0.2) is 12.1 Å². The van der Waals surface area contributed by atoms with E-state index in [-0.39, 0.29) is 37.3 Å². The quantitative estimate of drug-likeness (QED) is 0.882. The molecule has 8 heteroatoms. The van der Waals surface area contributed by atoms with Gasteiger partial charge < -0.3 is 20.3 Å². The van der Waals surface area contributed by atoms with Crippen molar-refractivity contribution in [1.29, 1.82) is 0 Å². The Morgan fingerprint density at radius 2 is 1.96 bits per heavy atom. The number of carbonyl (C=O) groups is 1. The number of ether oxygens (including phenoxy) is 1. The lowest BCUT2D eigenvalue weighted by atomic mass is 10.1. The van der Waals surface area contributed by atoms with E-state index in [4.69, 9.17) is 10.5 Å². The molecule has 1 aliphatic heterocycles. The average molecular weight is 373 g/mol. The largest absolute Gasteiger partial charge is 0.444 e. The number of likely N-dealkylation sites (N-methyl/N-ethyl adjacent to an activating group) is 1. The summed E-state index contributed by atoms with van der Waals surface area (Å²) in [6.45, 7) is 5.26. The van der Waals surface area contributed by atoms with Gasteiger partial charge in [0, 0.05) is 19.7 Å². The minimum atomic E-state index is -1.40. The first-order valence-electron chi connectivity index (χ1n) is 8.56. The van der Waals surface area contributed by atoms with E-state index in [1.807, 2.05) is 0 Å². The van der Waals surface area contributed by atoms with Crippen LogP contribution in [-0.2, 0) is 11.2 Å². The van der Waals surface area contributed by atoms with Crippen molar-refractivity contribution in [3.63, 3.8) is 0 Å². The van der Waals surface area contributed by atoms with Crippen LogP contribution in [0.25, 0.3) is 0 Å². The van der Waals surface area contributed by atoms with Crippen molar-refractivity contribution in [2.75, 3.05) is 31.6 Å². The summed E-state index contributed by atoms with van der Waals surface area (Å²) in [4.78, 5) is 14.7. The molecule has 2 atom stereocenters. The van der Waals surface area contributed by atoms with Crippen LogP contribution in [-0.4, -0.2) is 55.5 Å². The monoisotopic (exact) mass is 373 g/mol. The Kier molecular flexibility index (Phi) is 6.05.